The smallest absolute Gasteiger partial charge is 0.292 e. The first-order valence-electron chi connectivity index (χ1n) is 5.93. The summed E-state index contributed by atoms with van der Waals surface area (Å²) in [6, 6.07) is 7.15. The van der Waals surface area contributed by atoms with Crippen molar-refractivity contribution in [3.63, 3.8) is 0 Å². The standard InChI is InChI=1S/C14H12Br2N2O2/c1-8-13(16)9(2)18(14(20)17-8)7-12(19)10-5-3-4-6-11(10)15/h3-6H,7H2,1-2H3. The lowest BCUT2D eigenvalue weighted by atomic mass is 10.1. The van der Waals surface area contributed by atoms with E-state index < -0.39 is 5.69 Å². The molecule has 0 N–H and O–H groups in total. The maximum absolute atomic E-state index is 12.3. The number of halogens is 2. The number of hydrogen-bond acceptors (Lipinski definition) is 3. The van der Waals surface area contributed by atoms with E-state index in [1.807, 2.05) is 6.07 Å². The zero-order chi connectivity index (χ0) is 14.9. The summed E-state index contributed by atoms with van der Waals surface area (Å²) in [5.41, 5.74) is 1.46. The van der Waals surface area contributed by atoms with E-state index in [2.05, 4.69) is 36.8 Å². The van der Waals surface area contributed by atoms with Gasteiger partial charge in [-0.25, -0.2) is 4.79 Å². The summed E-state index contributed by atoms with van der Waals surface area (Å²) in [5, 5.41) is 0. The maximum atomic E-state index is 12.3. The van der Waals surface area contributed by atoms with Crippen molar-refractivity contribution in [2.24, 2.45) is 0 Å². The Bertz CT molecular complexity index is 738. The van der Waals surface area contributed by atoms with Crippen LogP contribution in [0.1, 0.15) is 21.7 Å². The maximum Gasteiger partial charge on any atom is 0.348 e. The van der Waals surface area contributed by atoms with Crippen LogP contribution in [0.2, 0.25) is 0 Å². The second-order valence-electron chi connectivity index (χ2n) is 4.37. The Morgan fingerprint density at radius 2 is 1.90 bits per heavy atom. The molecule has 0 amide bonds. The molecular weight excluding hydrogens is 388 g/mol. The first kappa shape index (κ1) is 15.1. The molecule has 20 heavy (non-hydrogen) atoms. The average Bonchev–Trinajstić information content (AvgIpc) is 2.41. The lowest BCUT2D eigenvalue weighted by Crippen LogP contribution is -2.29. The first-order chi connectivity index (χ1) is 9.41. The predicted molar refractivity (Wildman–Crippen MR) is 84.1 cm³/mol. The molecule has 0 fully saturated rings. The summed E-state index contributed by atoms with van der Waals surface area (Å²) in [6.45, 7) is 3.51. The van der Waals surface area contributed by atoms with E-state index in [1.165, 1.54) is 4.57 Å². The molecule has 6 heteroatoms. The van der Waals surface area contributed by atoms with Crippen LogP contribution in [0.15, 0.2) is 38.0 Å². The zero-order valence-electron chi connectivity index (χ0n) is 11.0. The highest BCUT2D eigenvalue weighted by Gasteiger charge is 2.15. The number of ketones is 1. The monoisotopic (exact) mass is 398 g/mol. The van der Waals surface area contributed by atoms with Gasteiger partial charge in [-0.15, -0.1) is 0 Å². The normalized spacial score (nSPS) is 10.6. The highest BCUT2D eigenvalue weighted by Crippen LogP contribution is 2.19. The minimum absolute atomic E-state index is 0.0286. The van der Waals surface area contributed by atoms with Gasteiger partial charge in [-0.3, -0.25) is 9.36 Å². The van der Waals surface area contributed by atoms with E-state index in [0.717, 1.165) is 8.95 Å². The van der Waals surface area contributed by atoms with E-state index in [1.54, 1.807) is 32.0 Å². The number of aryl methyl sites for hydroxylation is 1. The van der Waals surface area contributed by atoms with Gasteiger partial charge in [-0.05, 0) is 35.8 Å². The van der Waals surface area contributed by atoms with Gasteiger partial charge in [-0.2, -0.15) is 4.98 Å². The van der Waals surface area contributed by atoms with Crippen molar-refractivity contribution in [3.05, 3.63) is 60.6 Å². The topological polar surface area (TPSA) is 52.0 Å². The Hall–Kier alpha value is -1.27. The fourth-order valence-electron chi connectivity index (χ4n) is 1.88. The van der Waals surface area contributed by atoms with Crippen molar-refractivity contribution in [2.45, 2.75) is 20.4 Å². The van der Waals surface area contributed by atoms with Crippen molar-refractivity contribution in [3.8, 4) is 0 Å². The summed E-state index contributed by atoms with van der Waals surface area (Å²) in [7, 11) is 0. The number of benzene rings is 1. The van der Waals surface area contributed by atoms with Crippen molar-refractivity contribution in [2.75, 3.05) is 0 Å². The molecule has 0 saturated heterocycles. The van der Waals surface area contributed by atoms with Crippen LogP contribution in [0.25, 0.3) is 0 Å². The van der Waals surface area contributed by atoms with Gasteiger partial charge < -0.3 is 0 Å². The Labute approximate surface area is 133 Å². The molecule has 1 aromatic heterocycles. The molecule has 4 nitrogen and oxygen atoms in total. The van der Waals surface area contributed by atoms with Crippen LogP contribution in [0.3, 0.4) is 0 Å². The molecule has 0 aliphatic carbocycles. The molecule has 104 valence electrons. The van der Waals surface area contributed by atoms with E-state index in [0.29, 0.717) is 17.0 Å². The average molecular weight is 400 g/mol. The van der Waals surface area contributed by atoms with Crippen LogP contribution in [0.5, 0.6) is 0 Å². The minimum atomic E-state index is -0.413. The second kappa shape index (κ2) is 6.01. The molecule has 0 radical (unpaired) electrons. The van der Waals surface area contributed by atoms with E-state index in [-0.39, 0.29) is 12.3 Å². The number of nitrogens with zero attached hydrogens (tertiary/aromatic N) is 2. The van der Waals surface area contributed by atoms with Crippen LogP contribution in [0, 0.1) is 13.8 Å². The van der Waals surface area contributed by atoms with Crippen LogP contribution in [-0.2, 0) is 6.54 Å². The molecule has 0 aliphatic heterocycles. The Balaban J connectivity index is 2.41. The molecule has 0 atom stereocenters. The van der Waals surface area contributed by atoms with Crippen LogP contribution in [0.4, 0.5) is 0 Å². The molecule has 0 bridgehead atoms. The lowest BCUT2D eigenvalue weighted by Gasteiger charge is -2.12. The molecule has 0 spiro atoms. The number of Topliss-reactive ketones (excluding diaryl/α,β-unsaturated/α-hetero) is 1. The van der Waals surface area contributed by atoms with Crippen molar-refractivity contribution in [1.29, 1.82) is 0 Å². The number of carbonyl (C=O) groups excluding carboxylic acids is 1. The Morgan fingerprint density at radius 3 is 2.55 bits per heavy atom. The number of carbonyl (C=O) groups is 1. The molecule has 0 aliphatic rings. The van der Waals surface area contributed by atoms with Gasteiger partial charge in [0.05, 0.1) is 16.7 Å². The van der Waals surface area contributed by atoms with Gasteiger partial charge in [0.15, 0.2) is 5.78 Å². The molecule has 1 heterocycles. The summed E-state index contributed by atoms with van der Waals surface area (Å²) < 4.78 is 2.84. The quantitative estimate of drug-likeness (QED) is 0.744. The van der Waals surface area contributed by atoms with Gasteiger partial charge in [0, 0.05) is 15.7 Å². The summed E-state index contributed by atoms with van der Waals surface area (Å²) in [6.07, 6.45) is 0. The first-order valence-corrected chi connectivity index (χ1v) is 7.51. The molecule has 2 aromatic rings. The SMILES string of the molecule is Cc1nc(=O)n(CC(=O)c2ccccc2Br)c(C)c1Br. The van der Waals surface area contributed by atoms with Crippen LogP contribution >= 0.6 is 31.9 Å². The van der Waals surface area contributed by atoms with E-state index in [4.69, 9.17) is 0 Å². The fraction of sp³-hybridized carbons (Fsp3) is 0.214. The predicted octanol–water partition coefficient (Wildman–Crippen LogP) is 3.27. The van der Waals surface area contributed by atoms with Crippen molar-refractivity contribution < 1.29 is 4.79 Å². The Morgan fingerprint density at radius 1 is 1.25 bits per heavy atom. The zero-order valence-corrected chi connectivity index (χ0v) is 14.2. The highest BCUT2D eigenvalue weighted by atomic mass is 79.9. The van der Waals surface area contributed by atoms with E-state index >= 15 is 0 Å². The molecule has 0 unspecified atom stereocenters. The minimum Gasteiger partial charge on any atom is -0.292 e. The van der Waals surface area contributed by atoms with Gasteiger partial charge in [0.25, 0.3) is 0 Å². The largest absolute Gasteiger partial charge is 0.348 e. The number of rotatable bonds is 3. The van der Waals surface area contributed by atoms with Gasteiger partial charge in [-0.1, -0.05) is 34.1 Å². The van der Waals surface area contributed by atoms with Gasteiger partial charge >= 0.3 is 5.69 Å². The van der Waals surface area contributed by atoms with Crippen LogP contribution in [-0.4, -0.2) is 15.3 Å². The fourth-order valence-corrected chi connectivity index (χ4v) is 2.69. The number of aromatic nitrogens is 2. The summed E-state index contributed by atoms with van der Waals surface area (Å²) in [4.78, 5) is 28.1. The highest BCUT2D eigenvalue weighted by molar-refractivity contribution is 9.10. The van der Waals surface area contributed by atoms with Gasteiger partial charge in [0.2, 0.25) is 0 Å². The molecule has 1 aromatic carbocycles. The Kier molecular flexibility index (Phi) is 4.55. The summed E-state index contributed by atoms with van der Waals surface area (Å²) in [5.74, 6) is -0.139. The van der Waals surface area contributed by atoms with Crippen molar-refractivity contribution >= 4 is 37.6 Å². The van der Waals surface area contributed by atoms with E-state index in [9.17, 15) is 9.59 Å². The van der Waals surface area contributed by atoms with Crippen molar-refractivity contribution in [1.82, 2.24) is 9.55 Å². The third kappa shape index (κ3) is 2.91. The van der Waals surface area contributed by atoms with Gasteiger partial charge in [0.1, 0.15) is 0 Å². The third-order valence-corrected chi connectivity index (χ3v) is 4.85. The second-order valence-corrected chi connectivity index (χ2v) is 6.02. The number of hydrogen-bond donors (Lipinski definition) is 0. The molecule has 0 saturated carbocycles. The molecular formula is C14H12Br2N2O2. The summed E-state index contributed by atoms with van der Waals surface area (Å²) >= 11 is 6.72. The molecule has 2 rings (SSSR count). The third-order valence-electron chi connectivity index (χ3n) is 3.01. The van der Waals surface area contributed by atoms with Crippen LogP contribution < -0.4 is 5.69 Å². The lowest BCUT2D eigenvalue weighted by molar-refractivity contribution is 0.0968.